The van der Waals surface area contributed by atoms with Crippen molar-refractivity contribution >= 4 is 12.0 Å². The van der Waals surface area contributed by atoms with Crippen molar-refractivity contribution < 1.29 is 14.6 Å². The van der Waals surface area contributed by atoms with Crippen molar-refractivity contribution in [2.45, 2.75) is 44.1 Å². The zero-order chi connectivity index (χ0) is 23.7. The number of carbonyl (C=O) groups is 1. The number of hydrogen-bond acceptors (Lipinski definition) is 4. The molecule has 3 atom stereocenters. The number of ether oxygens (including phenoxy) is 1. The van der Waals surface area contributed by atoms with Crippen LogP contribution in [0.4, 0.5) is 5.69 Å². The molecule has 1 heterocycles. The molecule has 0 spiro atoms. The molecule has 3 aromatic rings. The molecule has 2 aliphatic rings. The summed E-state index contributed by atoms with van der Waals surface area (Å²) >= 11 is 0. The molecule has 0 bridgehead atoms. The Hall–Kier alpha value is -3.11. The first kappa shape index (κ1) is 22.7. The van der Waals surface area contributed by atoms with Crippen LogP contribution in [-0.2, 0) is 16.0 Å². The summed E-state index contributed by atoms with van der Waals surface area (Å²) in [5, 5.41) is 10.1. The second kappa shape index (κ2) is 9.27. The standard InChI is InChI=1S/C30H33NO3/c1-21(17-32)18-34-30(2)19-31(20-30)25-11-8-23(9-12-25)29-27(22-6-4-3-5-7-22)14-10-24-16-26(33)13-15-28(24)29/h3-9,11-13,15-17,21,27,29,33H,10,14,18-20H2,1-2H3/t21-,27-,29+/m1/s1. The lowest BCUT2D eigenvalue weighted by Gasteiger charge is -2.49. The number of nitrogens with zero attached hydrogens (tertiary/aromatic N) is 1. The van der Waals surface area contributed by atoms with Crippen molar-refractivity contribution in [1.82, 2.24) is 0 Å². The van der Waals surface area contributed by atoms with Gasteiger partial charge in [0.25, 0.3) is 0 Å². The lowest BCUT2D eigenvalue weighted by atomic mass is 9.69. The third kappa shape index (κ3) is 4.47. The molecule has 0 amide bonds. The Morgan fingerprint density at radius 3 is 2.50 bits per heavy atom. The fourth-order valence-electron chi connectivity index (χ4n) is 5.58. The first-order valence-corrected chi connectivity index (χ1v) is 12.3. The zero-order valence-electron chi connectivity index (χ0n) is 20.0. The van der Waals surface area contributed by atoms with E-state index in [9.17, 15) is 9.90 Å². The van der Waals surface area contributed by atoms with Crippen molar-refractivity contribution in [3.05, 3.63) is 95.1 Å². The smallest absolute Gasteiger partial charge is 0.125 e. The molecule has 1 fully saturated rings. The predicted molar refractivity (Wildman–Crippen MR) is 136 cm³/mol. The summed E-state index contributed by atoms with van der Waals surface area (Å²) in [6.07, 6.45) is 2.99. The molecular formula is C30H33NO3. The normalized spacial score (nSPS) is 21.9. The first-order chi connectivity index (χ1) is 16.5. The summed E-state index contributed by atoms with van der Waals surface area (Å²) in [6.45, 7) is 6.14. The van der Waals surface area contributed by atoms with E-state index in [1.807, 2.05) is 19.1 Å². The van der Waals surface area contributed by atoms with Gasteiger partial charge in [-0.3, -0.25) is 0 Å². The summed E-state index contributed by atoms with van der Waals surface area (Å²) in [7, 11) is 0. The summed E-state index contributed by atoms with van der Waals surface area (Å²) in [4.78, 5) is 13.2. The van der Waals surface area contributed by atoms with Gasteiger partial charge in [0.05, 0.1) is 6.61 Å². The fourth-order valence-corrected chi connectivity index (χ4v) is 5.58. The highest BCUT2D eigenvalue weighted by Crippen LogP contribution is 2.47. The van der Waals surface area contributed by atoms with E-state index in [1.54, 1.807) is 0 Å². The monoisotopic (exact) mass is 455 g/mol. The highest BCUT2D eigenvalue weighted by atomic mass is 16.5. The van der Waals surface area contributed by atoms with Crippen LogP contribution in [0.2, 0.25) is 0 Å². The Labute approximate surface area is 202 Å². The van der Waals surface area contributed by atoms with Crippen molar-refractivity contribution in [2.75, 3.05) is 24.6 Å². The van der Waals surface area contributed by atoms with Crippen molar-refractivity contribution in [3.8, 4) is 5.75 Å². The molecule has 0 aromatic heterocycles. The molecule has 4 heteroatoms. The average Bonchev–Trinajstić information content (AvgIpc) is 2.85. The summed E-state index contributed by atoms with van der Waals surface area (Å²) in [6, 6.07) is 25.6. The molecule has 5 rings (SSSR count). The van der Waals surface area contributed by atoms with Crippen LogP contribution in [0.15, 0.2) is 72.8 Å². The van der Waals surface area contributed by atoms with Gasteiger partial charge in [-0.25, -0.2) is 0 Å². The van der Waals surface area contributed by atoms with Crippen molar-refractivity contribution in [3.63, 3.8) is 0 Å². The summed E-state index contributed by atoms with van der Waals surface area (Å²) < 4.78 is 6.01. The van der Waals surface area contributed by atoms with E-state index in [0.717, 1.165) is 32.2 Å². The number of fused-ring (bicyclic) bond motifs is 1. The Morgan fingerprint density at radius 1 is 1.06 bits per heavy atom. The van der Waals surface area contributed by atoms with Crippen LogP contribution < -0.4 is 4.90 Å². The number of phenols is 1. The van der Waals surface area contributed by atoms with Gasteiger partial charge in [-0.15, -0.1) is 0 Å². The molecule has 1 aliphatic carbocycles. The van der Waals surface area contributed by atoms with Gasteiger partial charge in [-0.2, -0.15) is 0 Å². The van der Waals surface area contributed by atoms with Crippen LogP contribution in [0, 0.1) is 5.92 Å². The van der Waals surface area contributed by atoms with Gasteiger partial charge >= 0.3 is 0 Å². The lowest BCUT2D eigenvalue weighted by molar-refractivity contribution is -0.116. The van der Waals surface area contributed by atoms with Crippen molar-refractivity contribution in [1.29, 1.82) is 0 Å². The molecule has 1 aliphatic heterocycles. The van der Waals surface area contributed by atoms with Crippen LogP contribution in [0.1, 0.15) is 54.4 Å². The fraction of sp³-hybridized carbons (Fsp3) is 0.367. The van der Waals surface area contributed by atoms with Crippen LogP contribution in [0.3, 0.4) is 0 Å². The minimum absolute atomic E-state index is 0.0667. The average molecular weight is 456 g/mol. The van der Waals surface area contributed by atoms with Crippen LogP contribution in [0.5, 0.6) is 5.75 Å². The van der Waals surface area contributed by atoms with Gasteiger partial charge in [0.2, 0.25) is 0 Å². The van der Waals surface area contributed by atoms with Gasteiger partial charge in [0.15, 0.2) is 0 Å². The number of aryl methyl sites for hydroxylation is 1. The lowest BCUT2D eigenvalue weighted by Crippen LogP contribution is -2.62. The molecule has 176 valence electrons. The third-order valence-electron chi connectivity index (χ3n) is 7.41. The SMILES string of the molecule is C[C@H](C=O)COC1(C)CN(c2ccc([C@@H]3c4ccc(O)cc4CC[C@@H]3c3ccccc3)cc2)C1. The van der Waals surface area contributed by atoms with Gasteiger partial charge in [-0.05, 0) is 72.2 Å². The number of phenolic OH excluding ortho intramolecular Hbond substituents is 1. The van der Waals surface area contributed by atoms with E-state index < -0.39 is 0 Å². The summed E-state index contributed by atoms with van der Waals surface area (Å²) in [5.74, 6) is 0.944. The van der Waals surface area contributed by atoms with Crippen LogP contribution in [-0.4, -0.2) is 36.7 Å². The number of aldehydes is 1. The molecule has 0 unspecified atom stereocenters. The molecule has 1 saturated heterocycles. The van der Waals surface area contributed by atoms with E-state index >= 15 is 0 Å². The minimum Gasteiger partial charge on any atom is -0.508 e. The predicted octanol–water partition coefficient (Wildman–Crippen LogP) is 5.68. The number of anilines is 1. The third-order valence-corrected chi connectivity index (χ3v) is 7.41. The molecule has 1 N–H and O–H groups in total. The highest BCUT2D eigenvalue weighted by molar-refractivity contribution is 5.55. The zero-order valence-corrected chi connectivity index (χ0v) is 20.0. The van der Waals surface area contributed by atoms with E-state index in [0.29, 0.717) is 18.3 Å². The molecule has 34 heavy (non-hydrogen) atoms. The van der Waals surface area contributed by atoms with Crippen LogP contribution >= 0.6 is 0 Å². The maximum atomic E-state index is 10.9. The maximum absolute atomic E-state index is 10.9. The van der Waals surface area contributed by atoms with Gasteiger partial charge in [-0.1, -0.05) is 55.5 Å². The number of aromatic hydroxyl groups is 1. The van der Waals surface area contributed by atoms with Gasteiger partial charge in [0.1, 0.15) is 17.6 Å². The maximum Gasteiger partial charge on any atom is 0.125 e. The molecular weight excluding hydrogens is 422 g/mol. The van der Waals surface area contributed by atoms with E-state index in [2.05, 4.69) is 72.5 Å². The number of carbonyl (C=O) groups excluding carboxylic acids is 1. The van der Waals surface area contributed by atoms with Gasteiger partial charge in [0, 0.05) is 30.6 Å². The second-order valence-electron chi connectivity index (χ2n) is 10.2. The van der Waals surface area contributed by atoms with E-state index in [1.165, 1.54) is 27.9 Å². The Kier molecular flexibility index (Phi) is 6.18. The Bertz CT molecular complexity index is 1140. The molecule has 3 aromatic carbocycles. The molecule has 0 radical (unpaired) electrons. The number of benzene rings is 3. The van der Waals surface area contributed by atoms with Gasteiger partial charge < -0.3 is 19.5 Å². The van der Waals surface area contributed by atoms with Crippen LogP contribution in [0.25, 0.3) is 0 Å². The Balaban J connectivity index is 1.37. The van der Waals surface area contributed by atoms with Crippen molar-refractivity contribution in [2.24, 2.45) is 5.92 Å². The summed E-state index contributed by atoms with van der Waals surface area (Å²) in [5.41, 5.74) is 6.25. The van der Waals surface area contributed by atoms with E-state index in [-0.39, 0.29) is 17.4 Å². The topological polar surface area (TPSA) is 49.8 Å². The second-order valence-corrected chi connectivity index (χ2v) is 10.2. The molecule has 4 nitrogen and oxygen atoms in total. The quantitative estimate of drug-likeness (QED) is 0.466. The number of rotatable bonds is 7. The Morgan fingerprint density at radius 2 is 1.79 bits per heavy atom. The first-order valence-electron chi connectivity index (χ1n) is 12.3. The molecule has 0 saturated carbocycles. The van der Waals surface area contributed by atoms with E-state index in [4.69, 9.17) is 4.74 Å². The largest absolute Gasteiger partial charge is 0.508 e. The number of hydrogen-bond donors (Lipinski definition) is 1. The minimum atomic E-state index is -0.196. The highest BCUT2D eigenvalue weighted by Gasteiger charge is 2.40.